The van der Waals surface area contributed by atoms with Crippen LogP contribution >= 0.6 is 0 Å². The monoisotopic (exact) mass is 468 g/mol. The first-order valence-corrected chi connectivity index (χ1v) is 10.8. The SMILES string of the molecule is CCOC(=O)OC1CC(O)(C(C)=O)C(C)c2c(O)c3c(c(O)c21)C(=O)c1c(C)cccc1C3=O. The lowest BCUT2D eigenvalue weighted by Crippen LogP contribution is -2.47. The van der Waals surface area contributed by atoms with E-state index in [1.54, 1.807) is 26.0 Å². The van der Waals surface area contributed by atoms with Gasteiger partial charge >= 0.3 is 6.16 Å². The van der Waals surface area contributed by atoms with Gasteiger partial charge in [-0.1, -0.05) is 25.1 Å². The number of aryl methyl sites for hydroxylation is 1. The van der Waals surface area contributed by atoms with Crippen LogP contribution in [0.3, 0.4) is 0 Å². The third-order valence-electron chi connectivity index (χ3n) is 6.80. The number of aliphatic hydroxyl groups is 1. The molecule has 0 spiro atoms. The summed E-state index contributed by atoms with van der Waals surface area (Å²) in [5.41, 5.74) is -2.55. The minimum atomic E-state index is -2.08. The molecule has 0 saturated heterocycles. The van der Waals surface area contributed by atoms with Crippen LogP contribution in [0.4, 0.5) is 4.79 Å². The van der Waals surface area contributed by atoms with Crippen LogP contribution in [0.15, 0.2) is 18.2 Å². The van der Waals surface area contributed by atoms with Crippen molar-refractivity contribution in [3.63, 3.8) is 0 Å². The third-order valence-corrected chi connectivity index (χ3v) is 6.80. The maximum absolute atomic E-state index is 13.4. The quantitative estimate of drug-likeness (QED) is 0.389. The maximum Gasteiger partial charge on any atom is 0.508 e. The number of Topliss-reactive ketones (excluding diaryl/α,β-unsaturated/α-hetero) is 1. The predicted octanol–water partition coefficient (Wildman–Crippen LogP) is 3.22. The Morgan fingerprint density at radius 2 is 1.68 bits per heavy atom. The zero-order chi connectivity index (χ0) is 25.1. The number of ketones is 3. The van der Waals surface area contributed by atoms with Gasteiger partial charge in [0.15, 0.2) is 17.3 Å². The molecule has 0 fully saturated rings. The van der Waals surface area contributed by atoms with E-state index in [9.17, 15) is 34.5 Å². The lowest BCUT2D eigenvalue weighted by atomic mass is 9.66. The molecule has 9 nitrogen and oxygen atoms in total. The van der Waals surface area contributed by atoms with E-state index in [-0.39, 0.29) is 28.9 Å². The first-order chi connectivity index (χ1) is 16.0. The summed E-state index contributed by atoms with van der Waals surface area (Å²) >= 11 is 0. The van der Waals surface area contributed by atoms with Crippen molar-refractivity contribution in [2.45, 2.75) is 51.7 Å². The minimum absolute atomic E-state index is 0.0176. The molecule has 3 atom stereocenters. The van der Waals surface area contributed by atoms with Gasteiger partial charge in [-0.3, -0.25) is 14.4 Å². The van der Waals surface area contributed by atoms with Crippen LogP contribution in [-0.4, -0.2) is 51.0 Å². The highest BCUT2D eigenvalue weighted by atomic mass is 16.7. The van der Waals surface area contributed by atoms with Crippen LogP contribution in [0.5, 0.6) is 11.5 Å². The largest absolute Gasteiger partial charge is 0.508 e. The van der Waals surface area contributed by atoms with E-state index in [0.717, 1.165) is 6.92 Å². The van der Waals surface area contributed by atoms with Crippen LogP contribution in [0.25, 0.3) is 0 Å². The van der Waals surface area contributed by atoms with Gasteiger partial charge in [0, 0.05) is 34.6 Å². The molecule has 0 amide bonds. The topological polar surface area (TPSA) is 147 Å². The third kappa shape index (κ3) is 3.11. The fourth-order valence-electron chi connectivity index (χ4n) is 5.00. The molecule has 2 aromatic rings. The Labute approximate surface area is 194 Å². The van der Waals surface area contributed by atoms with Gasteiger partial charge in [-0.25, -0.2) is 4.79 Å². The Hall–Kier alpha value is -3.72. The molecule has 0 aromatic heterocycles. The average Bonchev–Trinajstić information content (AvgIpc) is 2.76. The summed E-state index contributed by atoms with van der Waals surface area (Å²) in [4.78, 5) is 51.3. The second-order valence-corrected chi connectivity index (χ2v) is 8.63. The number of hydrogen-bond donors (Lipinski definition) is 3. The van der Waals surface area contributed by atoms with E-state index < -0.39 is 70.2 Å². The number of carbonyl (C=O) groups is 4. The second kappa shape index (κ2) is 7.95. The Morgan fingerprint density at radius 3 is 2.29 bits per heavy atom. The van der Waals surface area contributed by atoms with Crippen LogP contribution in [0.1, 0.15) is 87.7 Å². The van der Waals surface area contributed by atoms with Crippen LogP contribution in [0.2, 0.25) is 0 Å². The summed E-state index contributed by atoms with van der Waals surface area (Å²) in [5, 5.41) is 33.7. The van der Waals surface area contributed by atoms with Crippen molar-refractivity contribution in [3.8, 4) is 11.5 Å². The lowest BCUT2D eigenvalue weighted by molar-refractivity contribution is -0.143. The zero-order valence-electron chi connectivity index (χ0n) is 19.1. The maximum atomic E-state index is 13.4. The Bertz CT molecular complexity index is 1280. The second-order valence-electron chi connectivity index (χ2n) is 8.63. The highest BCUT2D eigenvalue weighted by molar-refractivity contribution is 6.31. The van der Waals surface area contributed by atoms with Gasteiger partial charge in [-0.05, 0) is 26.3 Å². The van der Waals surface area contributed by atoms with Crippen molar-refractivity contribution >= 4 is 23.5 Å². The highest BCUT2D eigenvalue weighted by Crippen LogP contribution is 2.55. The number of benzene rings is 2. The molecular formula is C25H24O9. The Morgan fingerprint density at radius 1 is 1.06 bits per heavy atom. The fraction of sp³-hybridized carbons (Fsp3) is 0.360. The molecule has 2 aliphatic carbocycles. The minimum Gasteiger partial charge on any atom is -0.507 e. The molecule has 0 bridgehead atoms. The van der Waals surface area contributed by atoms with Crippen molar-refractivity contribution in [2.24, 2.45) is 0 Å². The lowest BCUT2D eigenvalue weighted by Gasteiger charge is -2.42. The van der Waals surface area contributed by atoms with Gasteiger partial charge in [0.05, 0.1) is 17.7 Å². The standard InChI is InChI=1S/C25H24O9/c1-5-33-24(31)34-14-9-25(32,12(4)26)11(3)16-17(14)23(30)19-18(22(16)29)20(27)13-8-6-7-10(2)15(13)21(19)28/h6-8,11,14,29-30,32H,5,9H2,1-4H3. The molecule has 0 heterocycles. The number of phenolic OH excluding ortho intramolecular Hbond substituents is 2. The molecule has 3 N–H and O–H groups in total. The smallest absolute Gasteiger partial charge is 0.507 e. The van der Waals surface area contributed by atoms with Crippen LogP contribution < -0.4 is 0 Å². The number of ether oxygens (including phenoxy) is 2. The molecule has 4 rings (SSSR count). The molecule has 2 aliphatic rings. The average molecular weight is 468 g/mol. The highest BCUT2D eigenvalue weighted by Gasteiger charge is 2.52. The molecule has 178 valence electrons. The molecule has 0 radical (unpaired) electrons. The van der Waals surface area contributed by atoms with E-state index in [0.29, 0.717) is 5.56 Å². The molecule has 0 saturated carbocycles. The molecular weight excluding hydrogens is 444 g/mol. The van der Waals surface area contributed by atoms with Gasteiger partial charge in [0.2, 0.25) is 0 Å². The van der Waals surface area contributed by atoms with Crippen molar-refractivity contribution in [1.29, 1.82) is 0 Å². The summed E-state index contributed by atoms with van der Waals surface area (Å²) < 4.78 is 10.1. The van der Waals surface area contributed by atoms with Crippen LogP contribution in [0, 0.1) is 6.92 Å². The predicted molar refractivity (Wildman–Crippen MR) is 117 cm³/mol. The van der Waals surface area contributed by atoms with E-state index in [4.69, 9.17) is 9.47 Å². The van der Waals surface area contributed by atoms with Crippen molar-refractivity contribution in [2.75, 3.05) is 6.61 Å². The van der Waals surface area contributed by atoms with E-state index in [1.165, 1.54) is 13.0 Å². The number of fused-ring (bicyclic) bond motifs is 3. The molecule has 0 aliphatic heterocycles. The number of carbonyl (C=O) groups excluding carboxylic acids is 4. The summed E-state index contributed by atoms with van der Waals surface area (Å²) in [6.07, 6.45) is -3.01. The van der Waals surface area contributed by atoms with E-state index in [1.807, 2.05) is 0 Å². The van der Waals surface area contributed by atoms with Crippen LogP contribution in [-0.2, 0) is 14.3 Å². The van der Waals surface area contributed by atoms with Crippen molar-refractivity contribution < 1.29 is 44.0 Å². The van der Waals surface area contributed by atoms with Gasteiger partial charge < -0.3 is 24.8 Å². The van der Waals surface area contributed by atoms with Gasteiger partial charge in [-0.15, -0.1) is 0 Å². The Balaban J connectivity index is 2.04. The first-order valence-electron chi connectivity index (χ1n) is 10.8. The molecule has 34 heavy (non-hydrogen) atoms. The molecule has 2 aromatic carbocycles. The number of aromatic hydroxyl groups is 2. The van der Waals surface area contributed by atoms with E-state index in [2.05, 4.69) is 0 Å². The summed E-state index contributed by atoms with van der Waals surface area (Å²) in [6, 6.07) is 4.69. The summed E-state index contributed by atoms with van der Waals surface area (Å²) in [5.74, 6) is -4.42. The molecule has 3 unspecified atom stereocenters. The number of hydrogen-bond acceptors (Lipinski definition) is 9. The van der Waals surface area contributed by atoms with Crippen molar-refractivity contribution in [3.05, 3.63) is 57.1 Å². The van der Waals surface area contributed by atoms with Gasteiger partial charge in [-0.2, -0.15) is 0 Å². The van der Waals surface area contributed by atoms with Crippen molar-refractivity contribution in [1.82, 2.24) is 0 Å². The summed E-state index contributed by atoms with van der Waals surface area (Å²) in [6.45, 7) is 5.77. The first kappa shape index (κ1) is 23.4. The Kier molecular flexibility index (Phi) is 5.48. The van der Waals surface area contributed by atoms with Gasteiger partial charge in [0.25, 0.3) is 0 Å². The number of phenols is 2. The van der Waals surface area contributed by atoms with Gasteiger partial charge in [0.1, 0.15) is 23.2 Å². The van der Waals surface area contributed by atoms with E-state index >= 15 is 0 Å². The number of rotatable bonds is 3. The fourth-order valence-corrected chi connectivity index (χ4v) is 5.00. The summed E-state index contributed by atoms with van der Waals surface area (Å²) in [7, 11) is 0. The molecule has 9 heteroatoms. The zero-order valence-corrected chi connectivity index (χ0v) is 19.1. The normalized spacial score (nSPS) is 23.0.